The highest BCUT2D eigenvalue weighted by Crippen LogP contribution is 2.15. The minimum atomic E-state index is 0.423. The van der Waals surface area contributed by atoms with Crippen LogP contribution in [-0.4, -0.2) is 30.1 Å². The lowest BCUT2D eigenvalue weighted by Crippen LogP contribution is -2.37. The van der Waals surface area contributed by atoms with Crippen LogP contribution in [0.4, 0.5) is 0 Å². The number of nitrogens with two attached hydrogens (primary N) is 1. The van der Waals surface area contributed by atoms with Crippen LogP contribution in [0.5, 0.6) is 0 Å². The van der Waals surface area contributed by atoms with E-state index in [4.69, 9.17) is 5.73 Å². The minimum absolute atomic E-state index is 0.423. The highest BCUT2D eigenvalue weighted by atomic mass is 15.2. The van der Waals surface area contributed by atoms with Crippen LogP contribution in [0.2, 0.25) is 0 Å². The predicted molar refractivity (Wildman–Crippen MR) is 43.9 cm³/mol. The van der Waals surface area contributed by atoms with Gasteiger partial charge in [-0.3, -0.25) is 4.90 Å². The number of nitrogens with zero attached hydrogens (tertiary/aromatic N) is 1. The van der Waals surface area contributed by atoms with E-state index < -0.39 is 0 Å². The Morgan fingerprint density at radius 1 is 1.60 bits per heavy atom. The Morgan fingerprint density at radius 3 is 2.70 bits per heavy atom. The molecule has 0 spiro atoms. The first-order valence-electron chi connectivity index (χ1n) is 4.25. The van der Waals surface area contributed by atoms with E-state index in [1.807, 2.05) is 0 Å². The van der Waals surface area contributed by atoms with E-state index in [0.717, 1.165) is 0 Å². The lowest BCUT2D eigenvalue weighted by molar-refractivity contribution is 0.261. The molecule has 0 radical (unpaired) electrons. The van der Waals surface area contributed by atoms with Crippen molar-refractivity contribution in [3.63, 3.8) is 0 Å². The lowest BCUT2D eigenvalue weighted by Gasteiger charge is -2.21. The van der Waals surface area contributed by atoms with E-state index in [1.54, 1.807) is 0 Å². The quantitative estimate of drug-likeness (QED) is 0.618. The molecular formula is C8H18N2. The van der Waals surface area contributed by atoms with Crippen molar-refractivity contribution in [3.05, 3.63) is 0 Å². The molecule has 2 heteroatoms. The van der Waals surface area contributed by atoms with Crippen molar-refractivity contribution >= 4 is 0 Å². The van der Waals surface area contributed by atoms with Gasteiger partial charge in [0.25, 0.3) is 0 Å². The van der Waals surface area contributed by atoms with Gasteiger partial charge < -0.3 is 5.73 Å². The fourth-order valence-electron chi connectivity index (χ4n) is 1.63. The third-order valence-electron chi connectivity index (χ3n) is 2.46. The van der Waals surface area contributed by atoms with E-state index in [2.05, 4.69) is 18.7 Å². The molecule has 1 saturated heterocycles. The van der Waals surface area contributed by atoms with Crippen molar-refractivity contribution in [2.75, 3.05) is 13.1 Å². The molecule has 1 rings (SSSR count). The van der Waals surface area contributed by atoms with Crippen LogP contribution in [0.3, 0.4) is 0 Å². The molecule has 10 heavy (non-hydrogen) atoms. The predicted octanol–water partition coefficient (Wildman–Crippen LogP) is 0.818. The summed E-state index contributed by atoms with van der Waals surface area (Å²) in [5.41, 5.74) is 5.86. The van der Waals surface area contributed by atoms with Gasteiger partial charge in [0.05, 0.1) is 0 Å². The highest BCUT2D eigenvalue weighted by molar-refractivity contribution is 4.85. The largest absolute Gasteiger partial charge is 0.326 e. The summed E-state index contributed by atoms with van der Waals surface area (Å²) >= 11 is 0. The number of hydrogen-bond donors (Lipinski definition) is 1. The van der Waals surface area contributed by atoms with E-state index in [1.165, 1.54) is 25.9 Å². The maximum Gasteiger partial charge on any atom is 0.0219 e. The van der Waals surface area contributed by atoms with Gasteiger partial charge in [0.1, 0.15) is 0 Å². The van der Waals surface area contributed by atoms with E-state index >= 15 is 0 Å². The fraction of sp³-hybridized carbons (Fsp3) is 1.00. The van der Waals surface area contributed by atoms with Crippen LogP contribution in [0.1, 0.15) is 26.7 Å². The van der Waals surface area contributed by atoms with Gasteiger partial charge in [-0.05, 0) is 26.3 Å². The zero-order valence-electron chi connectivity index (χ0n) is 7.01. The van der Waals surface area contributed by atoms with Crippen LogP contribution < -0.4 is 5.73 Å². The van der Waals surface area contributed by atoms with E-state index in [0.29, 0.717) is 12.1 Å². The standard InChI is InChI=1S/C8H18N2/c1-3-5-10-6-4-8(9)7(10)2/h7-8H,3-6,9H2,1-2H3/t7-,8-/m1/s1. The second kappa shape index (κ2) is 3.35. The van der Waals surface area contributed by atoms with Crippen LogP contribution in [-0.2, 0) is 0 Å². The molecular weight excluding hydrogens is 124 g/mol. The van der Waals surface area contributed by atoms with E-state index in [-0.39, 0.29) is 0 Å². The monoisotopic (exact) mass is 142 g/mol. The number of hydrogen-bond acceptors (Lipinski definition) is 2. The van der Waals surface area contributed by atoms with Gasteiger partial charge in [0, 0.05) is 18.6 Å². The first-order chi connectivity index (χ1) is 4.75. The van der Waals surface area contributed by atoms with Crippen LogP contribution >= 0.6 is 0 Å². The van der Waals surface area contributed by atoms with Crippen LogP contribution in [0, 0.1) is 0 Å². The molecule has 2 nitrogen and oxygen atoms in total. The van der Waals surface area contributed by atoms with Gasteiger partial charge in [-0.15, -0.1) is 0 Å². The average Bonchev–Trinajstić information content (AvgIpc) is 2.20. The van der Waals surface area contributed by atoms with Gasteiger partial charge in [-0.1, -0.05) is 6.92 Å². The molecule has 0 unspecified atom stereocenters. The smallest absolute Gasteiger partial charge is 0.0219 e. The molecule has 1 heterocycles. The maximum absolute atomic E-state index is 5.86. The minimum Gasteiger partial charge on any atom is -0.326 e. The first kappa shape index (κ1) is 8.02. The second-order valence-corrected chi connectivity index (χ2v) is 3.23. The second-order valence-electron chi connectivity index (χ2n) is 3.23. The Kier molecular flexibility index (Phi) is 2.69. The third kappa shape index (κ3) is 1.50. The number of rotatable bonds is 2. The molecule has 60 valence electrons. The van der Waals surface area contributed by atoms with Gasteiger partial charge in [0.15, 0.2) is 0 Å². The molecule has 0 aromatic heterocycles. The molecule has 2 atom stereocenters. The summed E-state index contributed by atoms with van der Waals surface area (Å²) in [6, 6.07) is 1.03. The van der Waals surface area contributed by atoms with Crippen molar-refractivity contribution in [2.24, 2.45) is 5.73 Å². The summed E-state index contributed by atoms with van der Waals surface area (Å²) < 4.78 is 0. The highest BCUT2D eigenvalue weighted by Gasteiger charge is 2.26. The Balaban J connectivity index is 2.33. The van der Waals surface area contributed by atoms with Crippen molar-refractivity contribution in [3.8, 4) is 0 Å². The summed E-state index contributed by atoms with van der Waals surface area (Å²) in [6.45, 7) is 6.87. The molecule has 0 aliphatic carbocycles. The van der Waals surface area contributed by atoms with Gasteiger partial charge in [-0.25, -0.2) is 0 Å². The molecule has 0 aromatic rings. The molecule has 2 N–H and O–H groups in total. The first-order valence-corrected chi connectivity index (χ1v) is 4.25. The summed E-state index contributed by atoms with van der Waals surface area (Å²) in [5, 5.41) is 0. The van der Waals surface area contributed by atoms with Crippen LogP contribution in [0.25, 0.3) is 0 Å². The Labute approximate surface area is 63.4 Å². The van der Waals surface area contributed by atoms with Gasteiger partial charge in [0.2, 0.25) is 0 Å². The van der Waals surface area contributed by atoms with Crippen molar-refractivity contribution < 1.29 is 0 Å². The summed E-state index contributed by atoms with van der Waals surface area (Å²) in [5.74, 6) is 0. The molecule has 0 saturated carbocycles. The molecule has 0 bridgehead atoms. The van der Waals surface area contributed by atoms with Gasteiger partial charge >= 0.3 is 0 Å². The normalized spacial score (nSPS) is 35.1. The van der Waals surface area contributed by atoms with Gasteiger partial charge in [-0.2, -0.15) is 0 Å². The molecule has 0 amide bonds. The topological polar surface area (TPSA) is 29.3 Å². The molecule has 1 aliphatic rings. The average molecular weight is 142 g/mol. The summed E-state index contributed by atoms with van der Waals surface area (Å²) in [7, 11) is 0. The zero-order chi connectivity index (χ0) is 7.56. The van der Waals surface area contributed by atoms with Crippen molar-refractivity contribution in [1.82, 2.24) is 4.90 Å². The van der Waals surface area contributed by atoms with Crippen molar-refractivity contribution in [2.45, 2.75) is 38.8 Å². The number of likely N-dealkylation sites (tertiary alicyclic amines) is 1. The summed E-state index contributed by atoms with van der Waals surface area (Å²) in [6.07, 6.45) is 2.43. The Bertz CT molecular complexity index is 101. The van der Waals surface area contributed by atoms with E-state index in [9.17, 15) is 0 Å². The Hall–Kier alpha value is -0.0800. The fourth-order valence-corrected chi connectivity index (χ4v) is 1.63. The summed E-state index contributed by atoms with van der Waals surface area (Å²) in [4.78, 5) is 2.48. The molecule has 1 fully saturated rings. The Morgan fingerprint density at radius 2 is 2.30 bits per heavy atom. The lowest BCUT2D eigenvalue weighted by atomic mass is 10.2. The third-order valence-corrected chi connectivity index (χ3v) is 2.46. The maximum atomic E-state index is 5.86. The molecule has 0 aromatic carbocycles. The van der Waals surface area contributed by atoms with Crippen molar-refractivity contribution in [1.29, 1.82) is 0 Å². The van der Waals surface area contributed by atoms with Crippen LogP contribution in [0.15, 0.2) is 0 Å². The molecule has 1 aliphatic heterocycles. The SMILES string of the molecule is CCCN1CC[C@@H](N)[C@H]1C. The zero-order valence-corrected chi connectivity index (χ0v) is 7.01.